The van der Waals surface area contributed by atoms with E-state index in [9.17, 15) is 10.1 Å². The summed E-state index contributed by atoms with van der Waals surface area (Å²) in [5.74, 6) is -0.105. The quantitative estimate of drug-likeness (QED) is 0.616. The maximum atomic E-state index is 12.7. The van der Waals surface area contributed by atoms with Crippen molar-refractivity contribution in [1.82, 2.24) is 15.3 Å². The highest BCUT2D eigenvalue weighted by Crippen LogP contribution is 2.40. The summed E-state index contributed by atoms with van der Waals surface area (Å²) in [5, 5.41) is 14.0. The molecule has 0 unspecified atom stereocenters. The van der Waals surface area contributed by atoms with Gasteiger partial charge in [0.05, 0.1) is 11.3 Å². The molecule has 0 saturated heterocycles. The maximum Gasteiger partial charge on any atom is 0.234 e. The Morgan fingerprint density at radius 2 is 2.08 bits per heavy atom. The Labute approximate surface area is 162 Å². The number of nitrogens with zero attached hydrogens (tertiary/aromatic N) is 3. The van der Waals surface area contributed by atoms with Crippen molar-refractivity contribution < 1.29 is 4.79 Å². The van der Waals surface area contributed by atoms with E-state index in [4.69, 9.17) is 0 Å². The number of fused-ring (bicyclic) bond motifs is 3. The first kappa shape index (κ1) is 19.1. The van der Waals surface area contributed by atoms with Gasteiger partial charge in [-0.3, -0.25) is 4.79 Å². The van der Waals surface area contributed by atoms with E-state index in [-0.39, 0.29) is 17.1 Å². The number of aryl methyl sites for hydroxylation is 2. The van der Waals surface area contributed by atoms with Crippen LogP contribution in [0.5, 0.6) is 0 Å². The van der Waals surface area contributed by atoms with Crippen LogP contribution in [0.1, 0.15) is 51.0 Å². The molecule has 2 heterocycles. The minimum atomic E-state index is -0.867. The van der Waals surface area contributed by atoms with E-state index < -0.39 is 5.54 Å². The monoisotopic (exact) mass is 388 g/mol. The SMILES string of the molecule is CC(C)[C@@](C)(C#N)NC(=O)[C@@H](C)Sc1ncnc2sc3c(c12)CCCC3. The smallest absolute Gasteiger partial charge is 0.234 e. The Morgan fingerprint density at radius 1 is 1.35 bits per heavy atom. The van der Waals surface area contributed by atoms with E-state index in [1.807, 2.05) is 20.8 Å². The average Bonchev–Trinajstić information content (AvgIpc) is 3.00. The fourth-order valence-electron chi connectivity index (χ4n) is 3.03. The van der Waals surface area contributed by atoms with Crippen LogP contribution in [0.3, 0.4) is 0 Å². The Morgan fingerprint density at radius 3 is 2.77 bits per heavy atom. The van der Waals surface area contributed by atoms with Crippen LogP contribution in [0.15, 0.2) is 11.4 Å². The Balaban J connectivity index is 1.84. The molecule has 138 valence electrons. The van der Waals surface area contributed by atoms with Gasteiger partial charge in [-0.2, -0.15) is 5.26 Å². The number of nitriles is 1. The summed E-state index contributed by atoms with van der Waals surface area (Å²) >= 11 is 3.21. The van der Waals surface area contributed by atoms with Crippen molar-refractivity contribution in [2.24, 2.45) is 5.92 Å². The van der Waals surface area contributed by atoms with Gasteiger partial charge >= 0.3 is 0 Å². The van der Waals surface area contributed by atoms with Crippen LogP contribution in [-0.2, 0) is 17.6 Å². The zero-order valence-corrected chi connectivity index (χ0v) is 17.3. The molecule has 7 heteroatoms. The molecular formula is C19H24N4OS2. The van der Waals surface area contributed by atoms with Gasteiger partial charge in [-0.1, -0.05) is 25.6 Å². The van der Waals surface area contributed by atoms with Crippen LogP contribution in [0.2, 0.25) is 0 Å². The number of carbonyl (C=O) groups is 1. The van der Waals surface area contributed by atoms with E-state index in [1.165, 1.54) is 35.0 Å². The third-order valence-electron chi connectivity index (χ3n) is 5.14. The first-order chi connectivity index (χ1) is 12.4. The van der Waals surface area contributed by atoms with Crippen molar-refractivity contribution in [3.63, 3.8) is 0 Å². The molecule has 0 spiro atoms. The molecule has 2 aromatic rings. The second-order valence-electron chi connectivity index (χ2n) is 7.29. The first-order valence-electron chi connectivity index (χ1n) is 9.01. The highest BCUT2D eigenvalue weighted by atomic mass is 32.2. The van der Waals surface area contributed by atoms with E-state index >= 15 is 0 Å². The predicted molar refractivity (Wildman–Crippen MR) is 106 cm³/mol. The molecule has 2 atom stereocenters. The molecule has 0 bridgehead atoms. The lowest BCUT2D eigenvalue weighted by Gasteiger charge is -2.28. The lowest BCUT2D eigenvalue weighted by molar-refractivity contribution is -0.121. The number of hydrogen-bond acceptors (Lipinski definition) is 6. The van der Waals surface area contributed by atoms with Crippen molar-refractivity contribution in [1.29, 1.82) is 5.26 Å². The summed E-state index contributed by atoms with van der Waals surface area (Å²) in [5.41, 5.74) is 0.505. The molecule has 0 aromatic carbocycles. The van der Waals surface area contributed by atoms with Gasteiger partial charge in [0.25, 0.3) is 0 Å². The van der Waals surface area contributed by atoms with Gasteiger partial charge in [0.15, 0.2) is 0 Å². The Kier molecular flexibility index (Phi) is 5.54. The summed E-state index contributed by atoms with van der Waals surface area (Å²) in [7, 11) is 0. The molecule has 2 aromatic heterocycles. The number of amides is 1. The Bertz CT molecular complexity index is 870. The lowest BCUT2D eigenvalue weighted by Crippen LogP contribution is -2.51. The second-order valence-corrected chi connectivity index (χ2v) is 9.70. The maximum absolute atomic E-state index is 12.7. The molecular weight excluding hydrogens is 364 g/mol. The lowest BCUT2D eigenvalue weighted by atomic mass is 9.90. The van der Waals surface area contributed by atoms with Crippen LogP contribution in [0.4, 0.5) is 0 Å². The van der Waals surface area contributed by atoms with E-state index in [0.29, 0.717) is 0 Å². The number of nitrogens with one attached hydrogen (secondary N) is 1. The van der Waals surface area contributed by atoms with Crippen molar-refractivity contribution in [3.8, 4) is 6.07 Å². The fourth-order valence-corrected chi connectivity index (χ4v) is 5.27. The minimum Gasteiger partial charge on any atom is -0.337 e. The fraction of sp³-hybridized carbons (Fsp3) is 0.579. The molecule has 1 amide bonds. The standard InChI is InChI=1S/C19H24N4OS2/c1-11(2)19(4,9-20)23-16(24)12(3)25-17-15-13-7-5-6-8-14(13)26-18(15)22-10-21-17/h10-12H,5-8H2,1-4H3,(H,23,24)/t12-,19-/m1/s1. The Hall–Kier alpha value is -1.65. The topological polar surface area (TPSA) is 78.7 Å². The van der Waals surface area contributed by atoms with E-state index in [1.54, 1.807) is 24.6 Å². The van der Waals surface area contributed by atoms with Crippen molar-refractivity contribution in [3.05, 3.63) is 16.8 Å². The number of hydrogen-bond donors (Lipinski definition) is 1. The van der Waals surface area contributed by atoms with Gasteiger partial charge in [0.2, 0.25) is 5.91 Å². The predicted octanol–water partition coefficient (Wildman–Crippen LogP) is 4.11. The summed E-state index contributed by atoms with van der Waals surface area (Å²) in [6.45, 7) is 7.51. The summed E-state index contributed by atoms with van der Waals surface area (Å²) in [4.78, 5) is 24.0. The second kappa shape index (κ2) is 7.53. The minimum absolute atomic E-state index is 0.0308. The highest BCUT2D eigenvalue weighted by Gasteiger charge is 2.32. The normalized spacial score (nSPS) is 17.4. The van der Waals surface area contributed by atoms with Crippen LogP contribution < -0.4 is 5.32 Å². The van der Waals surface area contributed by atoms with Crippen LogP contribution in [-0.4, -0.2) is 26.7 Å². The summed E-state index contributed by atoms with van der Waals surface area (Å²) < 4.78 is 0. The van der Waals surface area contributed by atoms with Gasteiger partial charge in [-0.25, -0.2) is 9.97 Å². The molecule has 0 saturated carbocycles. The van der Waals surface area contributed by atoms with Crippen LogP contribution in [0, 0.1) is 17.2 Å². The van der Waals surface area contributed by atoms with Crippen LogP contribution in [0.25, 0.3) is 10.2 Å². The molecule has 0 aliphatic heterocycles. The van der Waals surface area contributed by atoms with Crippen molar-refractivity contribution in [2.45, 2.75) is 69.2 Å². The van der Waals surface area contributed by atoms with E-state index in [2.05, 4.69) is 21.4 Å². The number of rotatable bonds is 5. The number of aromatic nitrogens is 2. The van der Waals surface area contributed by atoms with Crippen molar-refractivity contribution >= 4 is 39.2 Å². The van der Waals surface area contributed by atoms with Crippen LogP contribution >= 0.6 is 23.1 Å². The summed E-state index contributed by atoms with van der Waals surface area (Å²) in [6.07, 6.45) is 6.20. The molecule has 3 rings (SSSR count). The van der Waals surface area contributed by atoms with Crippen molar-refractivity contribution in [2.75, 3.05) is 0 Å². The first-order valence-corrected chi connectivity index (χ1v) is 10.7. The average molecular weight is 389 g/mol. The zero-order valence-electron chi connectivity index (χ0n) is 15.6. The van der Waals surface area contributed by atoms with Gasteiger partial charge in [-0.15, -0.1) is 11.3 Å². The zero-order chi connectivity index (χ0) is 18.9. The van der Waals surface area contributed by atoms with Gasteiger partial charge < -0.3 is 5.32 Å². The van der Waals surface area contributed by atoms with Gasteiger partial charge in [-0.05, 0) is 51.0 Å². The van der Waals surface area contributed by atoms with Gasteiger partial charge in [0, 0.05) is 10.3 Å². The largest absolute Gasteiger partial charge is 0.337 e. The summed E-state index contributed by atoms with van der Waals surface area (Å²) in [6, 6.07) is 2.23. The van der Waals surface area contributed by atoms with E-state index in [0.717, 1.165) is 28.1 Å². The molecule has 1 aliphatic rings. The highest BCUT2D eigenvalue weighted by molar-refractivity contribution is 8.00. The van der Waals surface area contributed by atoms with Gasteiger partial charge in [0.1, 0.15) is 21.7 Å². The molecule has 0 radical (unpaired) electrons. The third kappa shape index (κ3) is 3.58. The number of carbonyl (C=O) groups excluding carboxylic acids is 1. The molecule has 26 heavy (non-hydrogen) atoms. The number of thiophene rings is 1. The molecule has 5 nitrogen and oxygen atoms in total. The molecule has 0 fully saturated rings. The molecule has 1 aliphatic carbocycles. The third-order valence-corrected chi connectivity index (χ3v) is 7.44. The molecule has 1 N–H and O–H groups in total. The number of thioether (sulfide) groups is 1.